The van der Waals surface area contributed by atoms with Crippen molar-refractivity contribution in [2.75, 3.05) is 33.2 Å². The zero-order chi connectivity index (χ0) is 19.3. The first-order valence-corrected chi connectivity index (χ1v) is 9.43. The number of carbonyl (C=O) groups is 1. The predicted molar refractivity (Wildman–Crippen MR) is 97.6 cm³/mol. The molecular weight excluding hydrogens is 342 g/mol. The topological polar surface area (TPSA) is 57.2 Å². The first-order valence-electron chi connectivity index (χ1n) is 9.43. The standard InChI is InChI=1S/C18H32F2N4O2/c1-18(2,3)26-17(25)24(12-13-5-6-13)14-7-9-23(10-8-14)16(21-4)22-11-15(19)20/h13-15H,5-12H2,1-4H3,(H,21,22). The van der Waals surface area contributed by atoms with Crippen LogP contribution in [0.1, 0.15) is 46.5 Å². The van der Waals surface area contributed by atoms with Crippen LogP contribution in [-0.4, -0.2) is 73.1 Å². The summed E-state index contributed by atoms with van der Waals surface area (Å²) in [5, 5.41) is 2.70. The third-order valence-electron chi connectivity index (χ3n) is 4.61. The van der Waals surface area contributed by atoms with Crippen molar-refractivity contribution in [1.29, 1.82) is 0 Å². The molecule has 0 aromatic rings. The Hall–Kier alpha value is -1.60. The van der Waals surface area contributed by atoms with E-state index in [0.29, 0.717) is 25.0 Å². The normalized spacial score (nSPS) is 19.7. The van der Waals surface area contributed by atoms with E-state index < -0.39 is 18.6 Å². The predicted octanol–water partition coefficient (Wildman–Crippen LogP) is 2.94. The van der Waals surface area contributed by atoms with Crippen LogP contribution < -0.4 is 5.32 Å². The molecule has 0 spiro atoms. The van der Waals surface area contributed by atoms with Gasteiger partial charge in [-0.2, -0.15) is 0 Å². The van der Waals surface area contributed by atoms with Crippen LogP contribution in [0.15, 0.2) is 4.99 Å². The van der Waals surface area contributed by atoms with Crippen LogP contribution in [0.3, 0.4) is 0 Å². The number of amides is 1. The van der Waals surface area contributed by atoms with Crippen LogP contribution in [0.5, 0.6) is 0 Å². The molecule has 0 atom stereocenters. The number of piperidine rings is 1. The molecule has 1 N–H and O–H groups in total. The Morgan fingerprint density at radius 3 is 2.35 bits per heavy atom. The molecule has 1 saturated heterocycles. The first kappa shape index (κ1) is 20.7. The van der Waals surface area contributed by atoms with Crippen molar-refractivity contribution in [3.63, 3.8) is 0 Å². The van der Waals surface area contributed by atoms with Gasteiger partial charge in [-0.15, -0.1) is 0 Å². The van der Waals surface area contributed by atoms with E-state index in [4.69, 9.17) is 4.74 Å². The Morgan fingerprint density at radius 1 is 1.27 bits per heavy atom. The first-order chi connectivity index (χ1) is 12.2. The van der Waals surface area contributed by atoms with Crippen LogP contribution in [0.25, 0.3) is 0 Å². The van der Waals surface area contributed by atoms with Gasteiger partial charge in [0.05, 0.1) is 6.54 Å². The van der Waals surface area contributed by atoms with Crippen LogP contribution >= 0.6 is 0 Å². The van der Waals surface area contributed by atoms with E-state index in [2.05, 4.69) is 10.3 Å². The Labute approximate surface area is 155 Å². The second-order valence-corrected chi connectivity index (χ2v) is 8.11. The molecule has 0 bridgehead atoms. The SMILES string of the molecule is CN=C(NCC(F)F)N1CCC(N(CC2CC2)C(=O)OC(C)(C)C)CC1. The molecule has 1 heterocycles. The van der Waals surface area contributed by atoms with E-state index in [1.54, 1.807) is 7.05 Å². The average molecular weight is 374 g/mol. The summed E-state index contributed by atoms with van der Waals surface area (Å²) in [6.07, 6.45) is 1.24. The highest BCUT2D eigenvalue weighted by molar-refractivity contribution is 5.80. The fraction of sp³-hybridized carbons (Fsp3) is 0.889. The number of alkyl halides is 2. The molecular formula is C18H32F2N4O2. The lowest BCUT2D eigenvalue weighted by Gasteiger charge is -2.40. The van der Waals surface area contributed by atoms with Crippen molar-refractivity contribution in [3.05, 3.63) is 0 Å². The summed E-state index contributed by atoms with van der Waals surface area (Å²) in [6.45, 7) is 7.33. The maximum Gasteiger partial charge on any atom is 0.410 e. The van der Waals surface area contributed by atoms with Crippen molar-refractivity contribution < 1.29 is 18.3 Å². The maximum absolute atomic E-state index is 12.6. The summed E-state index contributed by atoms with van der Waals surface area (Å²) in [5.41, 5.74) is -0.513. The molecule has 8 heteroatoms. The molecule has 0 radical (unpaired) electrons. The van der Waals surface area contributed by atoms with Gasteiger partial charge in [-0.1, -0.05) is 0 Å². The minimum absolute atomic E-state index is 0.120. The van der Waals surface area contributed by atoms with Gasteiger partial charge in [0.15, 0.2) is 5.96 Å². The highest BCUT2D eigenvalue weighted by Gasteiger charge is 2.35. The monoisotopic (exact) mass is 374 g/mol. The van der Waals surface area contributed by atoms with E-state index in [1.807, 2.05) is 30.6 Å². The van der Waals surface area contributed by atoms with Crippen molar-refractivity contribution >= 4 is 12.1 Å². The Balaban J connectivity index is 1.92. The van der Waals surface area contributed by atoms with Gasteiger partial charge in [-0.25, -0.2) is 13.6 Å². The van der Waals surface area contributed by atoms with E-state index in [-0.39, 0.29) is 12.1 Å². The number of ether oxygens (including phenoxy) is 1. The summed E-state index contributed by atoms with van der Waals surface area (Å²) < 4.78 is 30.4. The van der Waals surface area contributed by atoms with Gasteiger partial charge in [-0.3, -0.25) is 4.99 Å². The lowest BCUT2D eigenvalue weighted by molar-refractivity contribution is 0.00923. The summed E-state index contributed by atoms with van der Waals surface area (Å²) in [7, 11) is 1.60. The second-order valence-electron chi connectivity index (χ2n) is 8.11. The molecule has 26 heavy (non-hydrogen) atoms. The number of hydrogen-bond acceptors (Lipinski definition) is 3. The summed E-state index contributed by atoms with van der Waals surface area (Å²) in [6, 6.07) is 0.120. The second kappa shape index (κ2) is 8.86. The van der Waals surface area contributed by atoms with Crippen molar-refractivity contribution in [3.8, 4) is 0 Å². The fourth-order valence-electron chi connectivity index (χ4n) is 3.16. The Morgan fingerprint density at radius 2 is 1.88 bits per heavy atom. The lowest BCUT2D eigenvalue weighted by atomic mass is 10.0. The molecule has 6 nitrogen and oxygen atoms in total. The Bertz CT molecular complexity index is 496. The number of hydrogen-bond donors (Lipinski definition) is 1. The third kappa shape index (κ3) is 6.61. The van der Waals surface area contributed by atoms with E-state index in [1.165, 1.54) is 12.8 Å². The quantitative estimate of drug-likeness (QED) is 0.594. The van der Waals surface area contributed by atoms with E-state index in [0.717, 1.165) is 19.4 Å². The minimum Gasteiger partial charge on any atom is -0.444 e. The number of likely N-dealkylation sites (tertiary alicyclic amines) is 1. The van der Waals surface area contributed by atoms with Crippen molar-refractivity contribution in [2.45, 2.75) is 64.5 Å². The van der Waals surface area contributed by atoms with Crippen LogP contribution in [0.2, 0.25) is 0 Å². The van der Waals surface area contributed by atoms with E-state index in [9.17, 15) is 13.6 Å². The van der Waals surface area contributed by atoms with Gasteiger partial charge in [0.25, 0.3) is 6.43 Å². The zero-order valence-electron chi connectivity index (χ0n) is 16.3. The third-order valence-corrected chi connectivity index (χ3v) is 4.61. The summed E-state index contributed by atoms with van der Waals surface area (Å²) in [5.74, 6) is 1.08. The summed E-state index contributed by atoms with van der Waals surface area (Å²) in [4.78, 5) is 20.6. The molecule has 0 aromatic carbocycles. The number of guanidine groups is 1. The number of aliphatic imine (C=N–C) groups is 1. The van der Waals surface area contributed by atoms with Gasteiger partial charge < -0.3 is 19.9 Å². The zero-order valence-corrected chi connectivity index (χ0v) is 16.3. The molecule has 1 amide bonds. The largest absolute Gasteiger partial charge is 0.444 e. The highest BCUT2D eigenvalue weighted by Crippen LogP contribution is 2.32. The summed E-state index contributed by atoms with van der Waals surface area (Å²) >= 11 is 0. The highest BCUT2D eigenvalue weighted by atomic mass is 19.3. The van der Waals surface area contributed by atoms with Crippen LogP contribution in [0, 0.1) is 5.92 Å². The fourth-order valence-corrected chi connectivity index (χ4v) is 3.16. The lowest BCUT2D eigenvalue weighted by Crippen LogP contribution is -2.53. The van der Waals surface area contributed by atoms with Crippen molar-refractivity contribution in [2.24, 2.45) is 10.9 Å². The maximum atomic E-state index is 12.6. The molecule has 2 fully saturated rings. The number of halogens is 2. The van der Waals surface area contributed by atoms with Gasteiger partial charge in [0, 0.05) is 32.7 Å². The smallest absolute Gasteiger partial charge is 0.410 e. The number of nitrogens with one attached hydrogen (secondary N) is 1. The van der Waals surface area contributed by atoms with Gasteiger partial charge >= 0.3 is 6.09 Å². The molecule has 150 valence electrons. The van der Waals surface area contributed by atoms with Gasteiger partial charge in [0.1, 0.15) is 5.60 Å². The molecule has 0 unspecified atom stereocenters. The molecule has 2 aliphatic rings. The number of rotatable bonds is 5. The molecule has 1 saturated carbocycles. The molecule has 2 rings (SSSR count). The molecule has 1 aliphatic heterocycles. The van der Waals surface area contributed by atoms with Crippen LogP contribution in [-0.2, 0) is 4.74 Å². The Kier molecular flexibility index (Phi) is 7.06. The number of carbonyl (C=O) groups excluding carboxylic acids is 1. The van der Waals surface area contributed by atoms with Crippen LogP contribution in [0.4, 0.5) is 13.6 Å². The average Bonchev–Trinajstić information content (AvgIpc) is 3.36. The van der Waals surface area contributed by atoms with Gasteiger partial charge in [0.2, 0.25) is 0 Å². The minimum atomic E-state index is -2.41. The van der Waals surface area contributed by atoms with Crippen molar-refractivity contribution in [1.82, 2.24) is 15.1 Å². The van der Waals surface area contributed by atoms with Gasteiger partial charge in [-0.05, 0) is 52.4 Å². The number of nitrogens with zero attached hydrogens (tertiary/aromatic N) is 3. The molecule has 1 aliphatic carbocycles. The van der Waals surface area contributed by atoms with E-state index >= 15 is 0 Å². The molecule has 0 aromatic heterocycles.